The molecule has 0 aliphatic heterocycles. The van der Waals surface area contributed by atoms with E-state index in [1.54, 1.807) is 12.3 Å². The Kier molecular flexibility index (Phi) is 8.23. The van der Waals surface area contributed by atoms with Gasteiger partial charge in [-0.3, -0.25) is 18.6 Å². The Bertz CT molecular complexity index is 933. The predicted molar refractivity (Wildman–Crippen MR) is 93.0 cm³/mol. The number of hydrogen-bond acceptors (Lipinski definition) is 3. The molecule has 1 aromatic heterocycles. The smallest absolute Gasteiger partial charge is 0.155 e. The maximum Gasteiger partial charge on any atom is 0.155 e. The van der Waals surface area contributed by atoms with Gasteiger partial charge < -0.3 is 5.11 Å². The Balaban J connectivity index is 0.000000366. The molecule has 0 aliphatic carbocycles. The fraction of sp³-hybridized carbons (Fsp3) is 0.100. The van der Waals surface area contributed by atoms with E-state index in [9.17, 15) is 13.6 Å². The van der Waals surface area contributed by atoms with E-state index in [1.807, 2.05) is 24.3 Å². The van der Waals surface area contributed by atoms with E-state index in [4.69, 9.17) is 5.11 Å². The molecule has 1 heterocycles. The second-order valence-corrected chi connectivity index (χ2v) is 5.32. The first-order valence-corrected chi connectivity index (χ1v) is 7.47. The Morgan fingerprint density at radius 2 is 1.88 bits per heavy atom. The van der Waals surface area contributed by atoms with Gasteiger partial charge in [-0.25, -0.2) is 0 Å². The number of aliphatic hydroxyl groups excluding tert-OH is 1. The van der Waals surface area contributed by atoms with Crippen molar-refractivity contribution >= 4 is 16.7 Å². The first-order valence-electron chi connectivity index (χ1n) is 7.47. The number of nitrogens with zero attached hydrogens (tertiary/aromatic N) is 1. The summed E-state index contributed by atoms with van der Waals surface area (Å²) in [6, 6.07) is 13.8. The van der Waals surface area contributed by atoms with Crippen molar-refractivity contribution in [2.24, 2.45) is 0 Å². The number of pyridine rings is 1. The largest absolute Gasteiger partial charge is 0.512 e. The van der Waals surface area contributed by atoms with Crippen molar-refractivity contribution in [2.45, 2.75) is 13.8 Å². The molecule has 0 aliphatic rings. The van der Waals surface area contributed by atoms with Crippen LogP contribution in [-0.2, 0) is 24.9 Å². The van der Waals surface area contributed by atoms with Gasteiger partial charge in [0.2, 0.25) is 0 Å². The molecule has 26 heavy (non-hydrogen) atoms. The van der Waals surface area contributed by atoms with Crippen LogP contribution in [0.15, 0.2) is 60.5 Å². The van der Waals surface area contributed by atoms with Gasteiger partial charge >= 0.3 is 0 Å². The van der Waals surface area contributed by atoms with Gasteiger partial charge in [-0.15, -0.1) is 17.7 Å². The first kappa shape index (κ1) is 21.6. The van der Waals surface area contributed by atoms with Crippen molar-refractivity contribution < 1.29 is 38.8 Å². The summed E-state index contributed by atoms with van der Waals surface area (Å²) in [5.41, 5.74) is 1.54. The van der Waals surface area contributed by atoms with Crippen LogP contribution in [0.1, 0.15) is 13.8 Å². The van der Waals surface area contributed by atoms with E-state index < -0.39 is 11.6 Å². The third-order valence-corrected chi connectivity index (χ3v) is 3.17. The number of ketones is 1. The summed E-state index contributed by atoms with van der Waals surface area (Å²) in [4.78, 5) is 14.3. The van der Waals surface area contributed by atoms with Gasteiger partial charge in [0.1, 0.15) is 0 Å². The van der Waals surface area contributed by atoms with Gasteiger partial charge in [0, 0.05) is 49.5 Å². The van der Waals surface area contributed by atoms with Crippen molar-refractivity contribution in [3.05, 3.63) is 78.2 Å². The molecule has 0 saturated carbocycles. The van der Waals surface area contributed by atoms with Gasteiger partial charge in [0.25, 0.3) is 0 Å². The maximum absolute atomic E-state index is 13.8. The fourth-order valence-corrected chi connectivity index (χ4v) is 2.25. The second-order valence-electron chi connectivity index (χ2n) is 5.32. The van der Waals surface area contributed by atoms with Crippen molar-refractivity contribution in [3.8, 4) is 11.1 Å². The summed E-state index contributed by atoms with van der Waals surface area (Å²) in [5.74, 6) is -1.33. The molecule has 3 nitrogen and oxygen atoms in total. The van der Waals surface area contributed by atoms with E-state index in [2.05, 4.69) is 11.1 Å². The van der Waals surface area contributed by atoms with E-state index in [1.165, 1.54) is 19.9 Å². The average Bonchev–Trinajstić information content (AvgIpc) is 2.54. The number of carbonyl (C=O) groups is 1. The fourth-order valence-electron chi connectivity index (χ4n) is 2.25. The van der Waals surface area contributed by atoms with Gasteiger partial charge in [-0.1, -0.05) is 35.9 Å². The molecule has 0 atom stereocenters. The van der Waals surface area contributed by atoms with Crippen LogP contribution < -0.4 is 0 Å². The molecule has 137 valence electrons. The average molecular weight is 533 g/mol. The maximum atomic E-state index is 13.8. The van der Waals surface area contributed by atoms with Crippen LogP contribution in [0.25, 0.3) is 22.0 Å². The zero-order valence-electron chi connectivity index (χ0n) is 14.1. The van der Waals surface area contributed by atoms with Crippen LogP contribution in [-0.4, -0.2) is 15.9 Å². The van der Waals surface area contributed by atoms with Crippen LogP contribution in [0.3, 0.4) is 0 Å². The first-order chi connectivity index (χ1) is 11.9. The van der Waals surface area contributed by atoms with Gasteiger partial charge in [-0.2, -0.15) is 0 Å². The Morgan fingerprint density at radius 3 is 2.46 bits per heavy atom. The molecular formula is C20H16F2IrNO2-. The summed E-state index contributed by atoms with van der Waals surface area (Å²) in [6.07, 6.45) is 2.81. The molecular weight excluding hydrogens is 516 g/mol. The molecule has 0 amide bonds. The van der Waals surface area contributed by atoms with Gasteiger partial charge in [0.15, 0.2) is 5.78 Å². The Morgan fingerprint density at radius 1 is 1.19 bits per heavy atom. The zero-order chi connectivity index (χ0) is 18.4. The summed E-state index contributed by atoms with van der Waals surface area (Å²) in [7, 11) is 0. The molecule has 0 spiro atoms. The minimum absolute atomic E-state index is 0. The standard InChI is InChI=1S/C15H8F2N.C5H8O2.Ir/c16-11-6-7-12(14(17)9-11)13-5-1-3-10-4-2-8-18-15(10)13;1-4(6)3-5(2)7;/h1-6,8-9H;3,6H,1-2H3;/q-1;;. The quantitative estimate of drug-likeness (QED) is 0.287. The third-order valence-electron chi connectivity index (χ3n) is 3.17. The molecule has 0 fully saturated rings. The number of hydrogen-bond donors (Lipinski definition) is 1. The summed E-state index contributed by atoms with van der Waals surface area (Å²) in [5, 5.41) is 9.27. The van der Waals surface area contributed by atoms with E-state index in [0.717, 1.165) is 17.5 Å². The number of fused-ring (bicyclic) bond motifs is 1. The Hall–Kier alpha value is -2.43. The van der Waals surface area contributed by atoms with Crippen molar-refractivity contribution in [1.29, 1.82) is 0 Å². The van der Waals surface area contributed by atoms with Crippen LogP contribution in [0, 0.1) is 17.7 Å². The van der Waals surface area contributed by atoms with Crippen LogP contribution >= 0.6 is 0 Å². The zero-order valence-corrected chi connectivity index (χ0v) is 16.5. The summed E-state index contributed by atoms with van der Waals surface area (Å²) >= 11 is 0. The molecule has 0 unspecified atom stereocenters. The van der Waals surface area contributed by atoms with Gasteiger partial charge in [-0.05, 0) is 25.3 Å². The number of para-hydroxylation sites is 1. The van der Waals surface area contributed by atoms with Crippen LogP contribution in [0.2, 0.25) is 0 Å². The Labute approximate surface area is 163 Å². The summed E-state index contributed by atoms with van der Waals surface area (Å²) in [6.45, 7) is 2.85. The van der Waals surface area contributed by atoms with E-state index in [-0.39, 0.29) is 37.2 Å². The minimum atomic E-state index is -0.635. The molecule has 3 aromatic rings. The molecule has 3 rings (SSSR count). The molecule has 1 N–H and O–H groups in total. The molecule has 0 saturated heterocycles. The number of halogens is 2. The minimum Gasteiger partial charge on any atom is -0.512 e. The number of aromatic nitrogens is 1. The normalized spacial score (nSPS) is 10.5. The number of carbonyl (C=O) groups excluding carboxylic acids is 1. The molecule has 2 aromatic carbocycles. The van der Waals surface area contributed by atoms with Gasteiger partial charge in [0.05, 0.1) is 5.76 Å². The van der Waals surface area contributed by atoms with E-state index >= 15 is 0 Å². The van der Waals surface area contributed by atoms with Crippen LogP contribution in [0.5, 0.6) is 0 Å². The van der Waals surface area contributed by atoms with Crippen molar-refractivity contribution in [1.82, 2.24) is 4.98 Å². The molecule has 0 bridgehead atoms. The SMILES string of the molecule is CC(=O)C=C(C)O.Fc1c[c-]c(-c2cccc3cccnc23)c(F)c1.[Ir]. The van der Waals surface area contributed by atoms with Crippen molar-refractivity contribution in [3.63, 3.8) is 0 Å². The monoisotopic (exact) mass is 533 g/mol. The van der Waals surface area contributed by atoms with Crippen molar-refractivity contribution in [2.75, 3.05) is 0 Å². The number of rotatable bonds is 2. The number of aliphatic hydroxyl groups is 1. The summed E-state index contributed by atoms with van der Waals surface area (Å²) < 4.78 is 26.7. The van der Waals surface area contributed by atoms with Crippen LogP contribution in [0.4, 0.5) is 8.78 Å². The third kappa shape index (κ3) is 5.83. The second kappa shape index (κ2) is 9.90. The predicted octanol–water partition coefficient (Wildman–Crippen LogP) is 5.01. The topological polar surface area (TPSA) is 50.2 Å². The molecule has 6 heteroatoms. The number of allylic oxidation sites excluding steroid dienone is 2. The van der Waals surface area contributed by atoms with E-state index in [0.29, 0.717) is 11.1 Å². The number of benzene rings is 2. The molecule has 1 radical (unpaired) electrons.